The van der Waals surface area contributed by atoms with E-state index in [9.17, 15) is 23.1 Å². The van der Waals surface area contributed by atoms with Crippen molar-refractivity contribution in [2.75, 3.05) is 17.7 Å². The van der Waals surface area contributed by atoms with Gasteiger partial charge in [-0.15, -0.1) is 6.42 Å². The third kappa shape index (κ3) is 6.43. The molecule has 0 aliphatic heterocycles. The molecule has 3 aromatic rings. The van der Waals surface area contributed by atoms with E-state index in [1.165, 1.54) is 6.07 Å². The minimum atomic E-state index is -3.71. The van der Waals surface area contributed by atoms with E-state index in [4.69, 9.17) is 22.2 Å². The van der Waals surface area contributed by atoms with Gasteiger partial charge in [-0.3, -0.25) is 8.98 Å². The van der Waals surface area contributed by atoms with Crippen molar-refractivity contribution in [1.29, 1.82) is 0 Å². The Morgan fingerprint density at radius 3 is 2.56 bits per heavy atom. The number of aromatic amines is 1. The van der Waals surface area contributed by atoms with Gasteiger partial charge in [-0.1, -0.05) is 38.3 Å². The fourth-order valence-electron chi connectivity index (χ4n) is 3.70. The number of H-pyrrole nitrogens is 1. The quantitative estimate of drug-likeness (QED) is 0.332. The second-order valence-electron chi connectivity index (χ2n) is 9.28. The summed E-state index contributed by atoms with van der Waals surface area (Å²) in [5.74, 6) is 1.64. The standard InChI is InChI=1S/C25H26ClN3O6S/c1-6-9-29(16-7-8-17(24(31)32)19(11-16)25(2,3)4)13-15-10-18-21(12-20(15)26)27-22(28-23(18)30)14-35-36(5,33)34/h1,7-8,10-12H,9,13-14H2,2-5H3,(H,31,32)(H,27,28,30). The van der Waals surface area contributed by atoms with Gasteiger partial charge in [-0.05, 0) is 46.9 Å². The van der Waals surface area contributed by atoms with Gasteiger partial charge in [0.15, 0.2) is 0 Å². The van der Waals surface area contributed by atoms with Crippen molar-refractivity contribution < 1.29 is 22.5 Å². The molecule has 3 rings (SSSR count). The van der Waals surface area contributed by atoms with Gasteiger partial charge < -0.3 is 15.0 Å². The third-order valence-corrected chi connectivity index (χ3v) is 6.28. The van der Waals surface area contributed by atoms with Crippen LogP contribution in [0.25, 0.3) is 10.9 Å². The number of aromatic carboxylic acids is 1. The molecule has 0 radical (unpaired) electrons. The number of terminal acetylenes is 1. The molecular weight excluding hydrogens is 506 g/mol. The highest BCUT2D eigenvalue weighted by Gasteiger charge is 2.23. The number of benzene rings is 2. The molecule has 0 unspecified atom stereocenters. The Labute approximate surface area is 214 Å². The van der Waals surface area contributed by atoms with Crippen molar-refractivity contribution in [3.8, 4) is 12.3 Å². The Bertz CT molecular complexity index is 1530. The van der Waals surface area contributed by atoms with Crippen LogP contribution in [0, 0.1) is 12.3 Å². The predicted octanol–water partition coefficient (Wildman–Crippen LogP) is 3.69. The Kier molecular flexibility index (Phi) is 7.79. The first-order chi connectivity index (χ1) is 16.7. The normalized spacial score (nSPS) is 11.9. The maximum atomic E-state index is 12.7. The molecule has 0 aliphatic carbocycles. The molecule has 2 N–H and O–H groups in total. The van der Waals surface area contributed by atoms with Crippen LogP contribution < -0.4 is 10.5 Å². The SMILES string of the molecule is C#CCN(Cc1cc2c(=O)[nH]c(COS(C)(=O)=O)nc2cc1Cl)c1ccc(C(=O)O)c(C(C)(C)C)c1. The average Bonchev–Trinajstić information content (AvgIpc) is 2.76. The summed E-state index contributed by atoms with van der Waals surface area (Å²) >= 11 is 6.52. The molecule has 0 saturated carbocycles. The molecule has 36 heavy (non-hydrogen) atoms. The number of nitrogens with one attached hydrogen (secondary N) is 1. The van der Waals surface area contributed by atoms with E-state index in [2.05, 4.69) is 15.9 Å². The molecule has 0 saturated heterocycles. The zero-order valence-electron chi connectivity index (χ0n) is 20.3. The van der Waals surface area contributed by atoms with Crippen LogP contribution in [0.1, 0.15) is 48.1 Å². The second kappa shape index (κ2) is 10.3. The van der Waals surface area contributed by atoms with Crippen molar-refractivity contribution in [2.45, 2.75) is 39.3 Å². The van der Waals surface area contributed by atoms with Crippen molar-refractivity contribution in [2.24, 2.45) is 0 Å². The fraction of sp³-hybridized carbons (Fsp3) is 0.320. The molecule has 1 heterocycles. The van der Waals surface area contributed by atoms with Crippen LogP contribution >= 0.6 is 11.6 Å². The first-order valence-corrected chi connectivity index (χ1v) is 13.0. The molecular formula is C25H26ClN3O6S. The average molecular weight is 532 g/mol. The number of hydrogen-bond acceptors (Lipinski definition) is 7. The minimum Gasteiger partial charge on any atom is -0.478 e. The van der Waals surface area contributed by atoms with E-state index in [1.54, 1.807) is 24.3 Å². The van der Waals surface area contributed by atoms with Crippen LogP contribution in [0.4, 0.5) is 5.69 Å². The van der Waals surface area contributed by atoms with Crippen molar-refractivity contribution >= 4 is 44.3 Å². The van der Waals surface area contributed by atoms with Gasteiger partial charge in [0.2, 0.25) is 0 Å². The van der Waals surface area contributed by atoms with Crippen LogP contribution in [0.3, 0.4) is 0 Å². The predicted molar refractivity (Wildman–Crippen MR) is 139 cm³/mol. The summed E-state index contributed by atoms with van der Waals surface area (Å²) in [7, 11) is -3.71. The number of fused-ring (bicyclic) bond motifs is 1. The summed E-state index contributed by atoms with van der Waals surface area (Å²) in [6.45, 7) is 5.83. The summed E-state index contributed by atoms with van der Waals surface area (Å²) in [6.07, 6.45) is 6.51. The summed E-state index contributed by atoms with van der Waals surface area (Å²) in [5.41, 5.74) is 1.56. The van der Waals surface area contributed by atoms with Gasteiger partial charge in [-0.25, -0.2) is 9.78 Å². The molecule has 0 amide bonds. The van der Waals surface area contributed by atoms with Crippen LogP contribution in [-0.2, 0) is 32.9 Å². The molecule has 9 nitrogen and oxygen atoms in total. The molecule has 0 bridgehead atoms. The number of nitrogens with zero attached hydrogens (tertiary/aromatic N) is 2. The number of carbonyl (C=O) groups is 1. The Hall–Kier alpha value is -3.39. The van der Waals surface area contributed by atoms with E-state index in [0.717, 1.165) is 6.26 Å². The maximum absolute atomic E-state index is 12.7. The van der Waals surface area contributed by atoms with E-state index in [0.29, 0.717) is 21.8 Å². The topological polar surface area (TPSA) is 130 Å². The molecule has 1 aromatic heterocycles. The highest BCUT2D eigenvalue weighted by atomic mass is 35.5. The van der Waals surface area contributed by atoms with Gasteiger partial charge in [0.05, 0.1) is 29.3 Å². The Morgan fingerprint density at radius 2 is 1.97 bits per heavy atom. The lowest BCUT2D eigenvalue weighted by molar-refractivity contribution is 0.0694. The lowest BCUT2D eigenvalue weighted by atomic mass is 9.83. The summed E-state index contributed by atoms with van der Waals surface area (Å²) in [5, 5.41) is 10.2. The van der Waals surface area contributed by atoms with Gasteiger partial charge in [-0.2, -0.15) is 8.42 Å². The largest absolute Gasteiger partial charge is 0.478 e. The Morgan fingerprint density at radius 1 is 1.28 bits per heavy atom. The molecule has 0 aliphatic rings. The van der Waals surface area contributed by atoms with Crippen LogP contribution in [0.5, 0.6) is 0 Å². The monoisotopic (exact) mass is 531 g/mol. The van der Waals surface area contributed by atoms with Crippen molar-refractivity contribution in [3.63, 3.8) is 0 Å². The van der Waals surface area contributed by atoms with Crippen LogP contribution in [0.2, 0.25) is 5.02 Å². The molecule has 0 atom stereocenters. The molecule has 0 spiro atoms. The van der Waals surface area contributed by atoms with E-state index < -0.39 is 33.7 Å². The molecule has 0 fully saturated rings. The van der Waals surface area contributed by atoms with Crippen molar-refractivity contribution in [3.05, 3.63) is 68.2 Å². The minimum absolute atomic E-state index is 0.0453. The molecule has 190 valence electrons. The number of halogens is 1. The second-order valence-corrected chi connectivity index (χ2v) is 11.3. The smallest absolute Gasteiger partial charge is 0.335 e. The number of rotatable bonds is 8. The van der Waals surface area contributed by atoms with Crippen LogP contribution in [0.15, 0.2) is 35.1 Å². The lowest BCUT2D eigenvalue weighted by Crippen LogP contribution is -2.25. The summed E-state index contributed by atoms with van der Waals surface area (Å²) < 4.78 is 27.2. The zero-order chi connectivity index (χ0) is 26.8. The highest BCUT2D eigenvalue weighted by Crippen LogP contribution is 2.32. The number of carboxylic acid groups (broad SMARTS) is 1. The summed E-state index contributed by atoms with van der Waals surface area (Å²) in [6, 6.07) is 8.17. The fourth-order valence-corrected chi connectivity index (χ4v) is 4.24. The highest BCUT2D eigenvalue weighted by molar-refractivity contribution is 7.85. The number of anilines is 1. The zero-order valence-corrected chi connectivity index (χ0v) is 21.8. The Balaban J connectivity index is 2.02. The van der Waals surface area contributed by atoms with Crippen LogP contribution in [-0.4, -0.2) is 42.3 Å². The first-order valence-electron chi connectivity index (χ1n) is 10.8. The first kappa shape index (κ1) is 27.2. The number of aromatic nitrogens is 2. The van der Waals surface area contributed by atoms with Gasteiger partial charge >= 0.3 is 5.97 Å². The molecule has 11 heteroatoms. The van der Waals surface area contributed by atoms with Gasteiger partial charge in [0, 0.05) is 17.3 Å². The van der Waals surface area contributed by atoms with E-state index in [-0.39, 0.29) is 35.4 Å². The lowest BCUT2D eigenvalue weighted by Gasteiger charge is -2.27. The van der Waals surface area contributed by atoms with Crippen molar-refractivity contribution in [1.82, 2.24) is 9.97 Å². The van der Waals surface area contributed by atoms with Gasteiger partial charge in [0.1, 0.15) is 12.4 Å². The number of hydrogen-bond donors (Lipinski definition) is 2. The van der Waals surface area contributed by atoms with E-state index >= 15 is 0 Å². The van der Waals surface area contributed by atoms with Gasteiger partial charge in [0.25, 0.3) is 15.7 Å². The number of carboxylic acids is 1. The molecule has 2 aromatic carbocycles. The summed E-state index contributed by atoms with van der Waals surface area (Å²) in [4.78, 5) is 33.0. The maximum Gasteiger partial charge on any atom is 0.335 e. The van der Waals surface area contributed by atoms with E-state index in [1.807, 2.05) is 25.7 Å². The third-order valence-electron chi connectivity index (χ3n) is 5.38.